The van der Waals surface area contributed by atoms with Gasteiger partial charge in [-0.05, 0) is 36.8 Å². The Balaban J connectivity index is 1.89. The SMILES string of the molecule is Nc1nc(Cl)nc(NCC2CCC(O)C2)n1. The third kappa shape index (κ3) is 2.93. The lowest BCUT2D eigenvalue weighted by Crippen LogP contribution is -2.15. The van der Waals surface area contributed by atoms with Gasteiger partial charge in [-0.1, -0.05) is 0 Å². The number of hydrogen-bond acceptors (Lipinski definition) is 6. The lowest BCUT2D eigenvalue weighted by atomic mass is 10.1. The Morgan fingerprint density at radius 3 is 2.81 bits per heavy atom. The van der Waals surface area contributed by atoms with Gasteiger partial charge in [0.25, 0.3) is 0 Å². The van der Waals surface area contributed by atoms with Gasteiger partial charge < -0.3 is 16.2 Å². The molecule has 2 unspecified atom stereocenters. The first-order valence-corrected chi connectivity index (χ1v) is 5.60. The highest BCUT2D eigenvalue weighted by atomic mass is 35.5. The second-order valence-corrected chi connectivity index (χ2v) is 4.34. The minimum Gasteiger partial charge on any atom is -0.393 e. The van der Waals surface area contributed by atoms with Crippen LogP contribution in [0.4, 0.5) is 11.9 Å². The van der Waals surface area contributed by atoms with Crippen LogP contribution in [0.2, 0.25) is 5.28 Å². The zero-order valence-corrected chi connectivity index (χ0v) is 9.48. The molecule has 1 fully saturated rings. The van der Waals surface area contributed by atoms with Crippen LogP contribution < -0.4 is 11.1 Å². The van der Waals surface area contributed by atoms with Gasteiger partial charge >= 0.3 is 0 Å². The van der Waals surface area contributed by atoms with Gasteiger partial charge in [0, 0.05) is 6.54 Å². The number of nitrogen functional groups attached to an aromatic ring is 1. The molecule has 1 aromatic rings. The normalized spacial score (nSPS) is 24.6. The predicted octanol–water partition coefficient (Wildman–Crippen LogP) is 0.680. The number of hydrogen-bond donors (Lipinski definition) is 3. The molecule has 1 aliphatic carbocycles. The van der Waals surface area contributed by atoms with Crippen LogP contribution in [0.15, 0.2) is 0 Å². The fraction of sp³-hybridized carbons (Fsp3) is 0.667. The molecule has 0 amide bonds. The zero-order chi connectivity index (χ0) is 11.5. The molecule has 0 aromatic carbocycles. The third-order valence-electron chi connectivity index (χ3n) is 2.69. The standard InChI is InChI=1S/C9H14ClN5O/c10-7-13-8(11)15-9(14-7)12-4-5-1-2-6(16)3-5/h5-6,16H,1-4H2,(H3,11,12,13,14,15). The summed E-state index contributed by atoms with van der Waals surface area (Å²) >= 11 is 5.65. The average Bonchev–Trinajstić information content (AvgIpc) is 2.60. The number of halogens is 1. The van der Waals surface area contributed by atoms with Crippen molar-refractivity contribution in [1.29, 1.82) is 0 Å². The summed E-state index contributed by atoms with van der Waals surface area (Å²) in [6, 6.07) is 0. The highest BCUT2D eigenvalue weighted by molar-refractivity contribution is 6.28. The molecule has 0 aliphatic heterocycles. The average molecular weight is 244 g/mol. The predicted molar refractivity (Wildman–Crippen MR) is 61.1 cm³/mol. The molecule has 1 aromatic heterocycles. The van der Waals surface area contributed by atoms with Crippen molar-refractivity contribution in [2.75, 3.05) is 17.6 Å². The number of aromatic nitrogens is 3. The first-order chi connectivity index (χ1) is 7.63. The maximum absolute atomic E-state index is 9.37. The van der Waals surface area contributed by atoms with Crippen LogP contribution in [-0.2, 0) is 0 Å². The van der Waals surface area contributed by atoms with Crippen LogP contribution >= 0.6 is 11.6 Å². The zero-order valence-electron chi connectivity index (χ0n) is 8.73. The molecule has 2 atom stereocenters. The number of nitrogens with two attached hydrogens (primary N) is 1. The molecule has 88 valence electrons. The Morgan fingerprint density at radius 1 is 1.38 bits per heavy atom. The van der Waals surface area contributed by atoms with Gasteiger partial charge in [-0.3, -0.25) is 0 Å². The van der Waals surface area contributed by atoms with E-state index < -0.39 is 0 Å². The largest absolute Gasteiger partial charge is 0.393 e. The van der Waals surface area contributed by atoms with E-state index in [9.17, 15) is 5.11 Å². The summed E-state index contributed by atoms with van der Waals surface area (Å²) in [6.45, 7) is 0.719. The summed E-state index contributed by atoms with van der Waals surface area (Å²) in [6.07, 6.45) is 2.54. The Kier molecular flexibility index (Phi) is 3.40. The van der Waals surface area contributed by atoms with E-state index in [1.54, 1.807) is 0 Å². The van der Waals surface area contributed by atoms with E-state index in [0.29, 0.717) is 11.9 Å². The van der Waals surface area contributed by atoms with Crippen molar-refractivity contribution in [2.45, 2.75) is 25.4 Å². The molecule has 4 N–H and O–H groups in total. The van der Waals surface area contributed by atoms with Crippen molar-refractivity contribution in [3.8, 4) is 0 Å². The quantitative estimate of drug-likeness (QED) is 0.722. The first kappa shape index (κ1) is 11.3. The Bertz CT molecular complexity index is 355. The van der Waals surface area contributed by atoms with Crippen molar-refractivity contribution in [2.24, 2.45) is 5.92 Å². The molecule has 7 heteroatoms. The number of anilines is 2. The Morgan fingerprint density at radius 2 is 2.19 bits per heavy atom. The Labute approximate surface area is 98.3 Å². The van der Waals surface area contributed by atoms with Gasteiger partial charge in [-0.2, -0.15) is 15.0 Å². The number of aliphatic hydroxyl groups is 1. The van der Waals surface area contributed by atoms with Gasteiger partial charge in [0.05, 0.1) is 6.10 Å². The molecule has 0 spiro atoms. The maximum Gasteiger partial charge on any atom is 0.228 e. The highest BCUT2D eigenvalue weighted by Gasteiger charge is 2.22. The minimum absolute atomic E-state index is 0.0847. The van der Waals surface area contributed by atoms with Gasteiger partial charge in [0.15, 0.2) is 0 Å². The van der Waals surface area contributed by atoms with Gasteiger partial charge in [0.2, 0.25) is 17.2 Å². The number of nitrogens with zero attached hydrogens (tertiary/aromatic N) is 3. The topological polar surface area (TPSA) is 97.0 Å². The summed E-state index contributed by atoms with van der Waals surface area (Å²) in [5, 5.41) is 12.5. The van der Waals surface area contributed by atoms with Crippen LogP contribution in [0, 0.1) is 5.92 Å². The lowest BCUT2D eigenvalue weighted by molar-refractivity contribution is 0.178. The van der Waals surface area contributed by atoms with E-state index in [2.05, 4.69) is 20.3 Å². The minimum atomic E-state index is -0.168. The van der Waals surface area contributed by atoms with Gasteiger partial charge in [-0.25, -0.2) is 0 Å². The van der Waals surface area contributed by atoms with E-state index in [0.717, 1.165) is 25.8 Å². The first-order valence-electron chi connectivity index (χ1n) is 5.22. The smallest absolute Gasteiger partial charge is 0.228 e. The maximum atomic E-state index is 9.37. The van der Waals surface area contributed by atoms with E-state index >= 15 is 0 Å². The van der Waals surface area contributed by atoms with Crippen LogP contribution in [-0.4, -0.2) is 32.7 Å². The summed E-state index contributed by atoms with van der Waals surface area (Å²) < 4.78 is 0. The summed E-state index contributed by atoms with van der Waals surface area (Å²) in [5.74, 6) is 0.944. The van der Waals surface area contributed by atoms with Crippen molar-refractivity contribution in [3.05, 3.63) is 5.28 Å². The molecule has 1 aliphatic rings. The van der Waals surface area contributed by atoms with Gasteiger partial charge in [-0.15, -0.1) is 0 Å². The summed E-state index contributed by atoms with van der Waals surface area (Å²) in [7, 11) is 0. The number of aliphatic hydroxyl groups excluding tert-OH is 1. The second kappa shape index (κ2) is 4.80. The molecule has 0 bridgehead atoms. The summed E-state index contributed by atoms with van der Waals surface area (Å²) in [4.78, 5) is 11.5. The summed E-state index contributed by atoms with van der Waals surface area (Å²) in [5.41, 5.74) is 5.44. The highest BCUT2D eigenvalue weighted by Crippen LogP contribution is 2.25. The molecule has 1 heterocycles. The van der Waals surface area contributed by atoms with Crippen molar-refractivity contribution < 1.29 is 5.11 Å². The van der Waals surface area contributed by atoms with E-state index in [-0.39, 0.29) is 17.3 Å². The number of rotatable bonds is 3. The molecular formula is C9H14ClN5O. The van der Waals surface area contributed by atoms with E-state index in [1.807, 2.05) is 0 Å². The number of nitrogens with one attached hydrogen (secondary N) is 1. The van der Waals surface area contributed by atoms with E-state index in [4.69, 9.17) is 17.3 Å². The molecule has 6 nitrogen and oxygen atoms in total. The fourth-order valence-corrected chi connectivity index (χ4v) is 2.08. The third-order valence-corrected chi connectivity index (χ3v) is 2.86. The van der Waals surface area contributed by atoms with E-state index in [1.165, 1.54) is 0 Å². The Hall–Kier alpha value is -1.14. The lowest BCUT2D eigenvalue weighted by Gasteiger charge is -2.10. The molecule has 2 rings (SSSR count). The van der Waals surface area contributed by atoms with Crippen molar-refractivity contribution >= 4 is 23.5 Å². The van der Waals surface area contributed by atoms with Crippen LogP contribution in [0.5, 0.6) is 0 Å². The van der Waals surface area contributed by atoms with Crippen LogP contribution in [0.25, 0.3) is 0 Å². The monoisotopic (exact) mass is 243 g/mol. The van der Waals surface area contributed by atoms with Crippen molar-refractivity contribution in [1.82, 2.24) is 15.0 Å². The van der Waals surface area contributed by atoms with Crippen LogP contribution in [0.3, 0.4) is 0 Å². The second-order valence-electron chi connectivity index (χ2n) is 4.00. The molecular weight excluding hydrogens is 230 g/mol. The van der Waals surface area contributed by atoms with Crippen molar-refractivity contribution in [3.63, 3.8) is 0 Å². The van der Waals surface area contributed by atoms with Crippen LogP contribution in [0.1, 0.15) is 19.3 Å². The van der Waals surface area contributed by atoms with Gasteiger partial charge in [0.1, 0.15) is 0 Å². The molecule has 1 saturated carbocycles. The molecule has 0 radical (unpaired) electrons. The molecule has 0 saturated heterocycles. The molecule has 16 heavy (non-hydrogen) atoms. The fourth-order valence-electron chi connectivity index (χ4n) is 1.91.